The Morgan fingerprint density at radius 1 is 1.33 bits per heavy atom. The van der Waals surface area contributed by atoms with Crippen LogP contribution in [-0.4, -0.2) is 13.0 Å². The van der Waals surface area contributed by atoms with E-state index < -0.39 is 0 Å². The molecule has 2 rings (SSSR count). The van der Waals surface area contributed by atoms with Crippen LogP contribution < -0.4 is 10.1 Å². The third-order valence-electron chi connectivity index (χ3n) is 3.09. The second-order valence-electron chi connectivity index (χ2n) is 4.59. The van der Waals surface area contributed by atoms with E-state index in [9.17, 15) is 4.79 Å². The van der Waals surface area contributed by atoms with E-state index in [0.29, 0.717) is 22.9 Å². The van der Waals surface area contributed by atoms with Crippen molar-refractivity contribution in [2.45, 2.75) is 13.5 Å². The summed E-state index contributed by atoms with van der Waals surface area (Å²) in [6.07, 6.45) is 0. The monoisotopic (exact) mass is 367 g/mol. The first-order valence-electron chi connectivity index (χ1n) is 6.38. The van der Waals surface area contributed by atoms with Gasteiger partial charge >= 0.3 is 0 Å². The minimum Gasteiger partial charge on any atom is -0.496 e. The highest BCUT2D eigenvalue weighted by Gasteiger charge is 2.13. The van der Waals surface area contributed by atoms with Gasteiger partial charge in [-0.2, -0.15) is 0 Å². The zero-order valence-corrected chi connectivity index (χ0v) is 14.1. The first kappa shape index (κ1) is 15.9. The fraction of sp³-hybridized carbons (Fsp3) is 0.188. The Morgan fingerprint density at radius 2 is 2.10 bits per heavy atom. The lowest BCUT2D eigenvalue weighted by Gasteiger charge is -2.12. The van der Waals surface area contributed by atoms with E-state index in [1.807, 2.05) is 37.3 Å². The van der Waals surface area contributed by atoms with Crippen LogP contribution in [0.2, 0.25) is 5.02 Å². The highest BCUT2D eigenvalue weighted by molar-refractivity contribution is 9.10. The van der Waals surface area contributed by atoms with Crippen LogP contribution in [0.1, 0.15) is 21.5 Å². The zero-order valence-electron chi connectivity index (χ0n) is 11.7. The highest BCUT2D eigenvalue weighted by Crippen LogP contribution is 2.26. The quantitative estimate of drug-likeness (QED) is 0.871. The van der Waals surface area contributed by atoms with Crippen molar-refractivity contribution in [1.29, 1.82) is 0 Å². The Balaban J connectivity index is 2.17. The summed E-state index contributed by atoms with van der Waals surface area (Å²) < 4.78 is 6.02. The predicted molar refractivity (Wildman–Crippen MR) is 88.1 cm³/mol. The standard InChI is InChI=1S/C16H15BrClNO2/c1-10-6-7-13(17)11(8-10)16(20)19-9-12-14(18)4-3-5-15(12)21-2/h3-8H,9H2,1-2H3,(H,19,20). The van der Waals surface area contributed by atoms with Crippen LogP contribution in [0.15, 0.2) is 40.9 Å². The molecule has 0 aliphatic rings. The second-order valence-corrected chi connectivity index (χ2v) is 5.85. The number of hydrogen-bond acceptors (Lipinski definition) is 2. The average Bonchev–Trinajstić information content (AvgIpc) is 2.47. The third kappa shape index (κ3) is 3.77. The van der Waals surface area contributed by atoms with Crippen LogP contribution in [0.3, 0.4) is 0 Å². The molecule has 0 aliphatic carbocycles. The molecule has 3 nitrogen and oxygen atoms in total. The topological polar surface area (TPSA) is 38.3 Å². The molecule has 0 unspecified atom stereocenters. The van der Waals surface area contributed by atoms with E-state index >= 15 is 0 Å². The van der Waals surface area contributed by atoms with Crippen LogP contribution in [0, 0.1) is 6.92 Å². The Hall–Kier alpha value is -1.52. The third-order valence-corrected chi connectivity index (χ3v) is 4.13. The molecule has 2 aromatic carbocycles. The highest BCUT2D eigenvalue weighted by atomic mass is 79.9. The fourth-order valence-corrected chi connectivity index (χ4v) is 2.64. The lowest BCUT2D eigenvalue weighted by molar-refractivity contribution is 0.0950. The number of halogens is 2. The maximum Gasteiger partial charge on any atom is 0.252 e. The molecule has 1 amide bonds. The second kappa shape index (κ2) is 6.96. The van der Waals surface area contributed by atoms with Crippen molar-refractivity contribution >= 4 is 33.4 Å². The van der Waals surface area contributed by atoms with Gasteiger partial charge in [0.05, 0.1) is 12.7 Å². The number of ether oxygens (including phenoxy) is 1. The molecule has 0 spiro atoms. The molecule has 0 fully saturated rings. The molecule has 5 heteroatoms. The predicted octanol–water partition coefficient (Wildman–Crippen LogP) is 4.35. The van der Waals surface area contributed by atoms with Crippen LogP contribution in [0.4, 0.5) is 0 Å². The van der Waals surface area contributed by atoms with E-state index in [4.69, 9.17) is 16.3 Å². The van der Waals surface area contributed by atoms with E-state index in [1.165, 1.54) is 0 Å². The van der Waals surface area contributed by atoms with E-state index in [2.05, 4.69) is 21.2 Å². The van der Waals surface area contributed by atoms with Crippen molar-refractivity contribution in [2.75, 3.05) is 7.11 Å². The molecule has 0 aromatic heterocycles. The summed E-state index contributed by atoms with van der Waals surface area (Å²) in [4.78, 5) is 12.3. The van der Waals surface area contributed by atoms with Crippen LogP contribution in [0.5, 0.6) is 5.75 Å². The Labute approximate surface area is 137 Å². The van der Waals surface area contributed by atoms with Gasteiger partial charge in [-0.25, -0.2) is 0 Å². The average molecular weight is 369 g/mol. The van der Waals surface area contributed by atoms with Crippen molar-refractivity contribution < 1.29 is 9.53 Å². The van der Waals surface area contributed by atoms with Gasteiger partial charge < -0.3 is 10.1 Å². The van der Waals surface area contributed by atoms with E-state index in [1.54, 1.807) is 13.2 Å². The normalized spacial score (nSPS) is 10.3. The number of methoxy groups -OCH3 is 1. The molecule has 1 N–H and O–H groups in total. The lowest BCUT2D eigenvalue weighted by atomic mass is 10.1. The SMILES string of the molecule is COc1cccc(Cl)c1CNC(=O)c1cc(C)ccc1Br. The number of rotatable bonds is 4. The molecule has 2 aromatic rings. The van der Waals surface area contributed by atoms with Crippen LogP contribution in [-0.2, 0) is 6.54 Å². The fourth-order valence-electron chi connectivity index (χ4n) is 1.98. The van der Waals surface area contributed by atoms with Gasteiger partial charge in [0.25, 0.3) is 5.91 Å². The number of carbonyl (C=O) groups is 1. The maximum absolute atomic E-state index is 12.3. The largest absolute Gasteiger partial charge is 0.496 e. The van der Waals surface area contributed by atoms with E-state index in [-0.39, 0.29) is 5.91 Å². The van der Waals surface area contributed by atoms with Gasteiger partial charge in [0.1, 0.15) is 5.75 Å². The molecule has 0 aliphatic heterocycles. The molecule has 0 radical (unpaired) electrons. The van der Waals surface area contributed by atoms with Gasteiger partial charge in [-0.05, 0) is 47.1 Å². The molecule has 0 atom stereocenters. The van der Waals surface area contributed by atoms with Crippen molar-refractivity contribution in [3.05, 3.63) is 62.6 Å². The van der Waals surface area contributed by atoms with Gasteiger partial charge in [0.2, 0.25) is 0 Å². The zero-order chi connectivity index (χ0) is 15.4. The summed E-state index contributed by atoms with van der Waals surface area (Å²) in [6, 6.07) is 11.0. The summed E-state index contributed by atoms with van der Waals surface area (Å²) in [5, 5.41) is 3.43. The number of aryl methyl sites for hydroxylation is 1. The number of amides is 1. The van der Waals surface area contributed by atoms with Gasteiger partial charge in [0.15, 0.2) is 0 Å². The van der Waals surface area contributed by atoms with Crippen molar-refractivity contribution in [1.82, 2.24) is 5.32 Å². The lowest BCUT2D eigenvalue weighted by Crippen LogP contribution is -2.23. The number of carbonyl (C=O) groups excluding carboxylic acids is 1. The molecule has 21 heavy (non-hydrogen) atoms. The maximum atomic E-state index is 12.3. The van der Waals surface area contributed by atoms with Crippen molar-refractivity contribution in [3.8, 4) is 5.75 Å². The minimum atomic E-state index is -0.160. The Morgan fingerprint density at radius 3 is 2.81 bits per heavy atom. The first-order chi connectivity index (χ1) is 10.0. The molecule has 0 bridgehead atoms. The summed E-state index contributed by atoms with van der Waals surface area (Å²) in [6.45, 7) is 2.25. The number of benzene rings is 2. The van der Waals surface area contributed by atoms with Gasteiger partial charge in [-0.3, -0.25) is 4.79 Å². The van der Waals surface area contributed by atoms with Crippen LogP contribution in [0.25, 0.3) is 0 Å². The molecule has 0 heterocycles. The first-order valence-corrected chi connectivity index (χ1v) is 7.55. The molecular weight excluding hydrogens is 354 g/mol. The summed E-state index contributed by atoms with van der Waals surface area (Å²) in [5.74, 6) is 0.499. The van der Waals surface area contributed by atoms with Crippen molar-refractivity contribution in [3.63, 3.8) is 0 Å². The number of hydrogen-bond donors (Lipinski definition) is 1. The number of nitrogens with one attached hydrogen (secondary N) is 1. The van der Waals surface area contributed by atoms with Gasteiger partial charge in [-0.15, -0.1) is 0 Å². The molecule has 110 valence electrons. The summed E-state index contributed by atoms with van der Waals surface area (Å²) in [7, 11) is 1.58. The van der Waals surface area contributed by atoms with Crippen LogP contribution >= 0.6 is 27.5 Å². The van der Waals surface area contributed by atoms with Gasteiger partial charge in [0, 0.05) is 21.6 Å². The smallest absolute Gasteiger partial charge is 0.252 e. The molecule has 0 saturated carbocycles. The van der Waals surface area contributed by atoms with Crippen molar-refractivity contribution in [2.24, 2.45) is 0 Å². The minimum absolute atomic E-state index is 0.160. The molecule has 0 saturated heterocycles. The Bertz CT molecular complexity index is 673. The summed E-state index contributed by atoms with van der Waals surface area (Å²) in [5.41, 5.74) is 2.39. The summed E-state index contributed by atoms with van der Waals surface area (Å²) >= 11 is 9.54. The van der Waals surface area contributed by atoms with E-state index in [0.717, 1.165) is 15.6 Å². The van der Waals surface area contributed by atoms with Gasteiger partial charge in [-0.1, -0.05) is 29.3 Å². The Kier molecular flexibility index (Phi) is 5.26. The molecular formula is C16H15BrClNO2.